The Balaban J connectivity index is 1.43. The number of carbonyl (C=O) groups excluding carboxylic acids is 2. The number of rotatable bonds is 2. The average molecular weight is 389 g/mol. The van der Waals surface area contributed by atoms with Crippen molar-refractivity contribution >= 4 is 11.9 Å². The van der Waals surface area contributed by atoms with E-state index in [4.69, 9.17) is 14.2 Å². The summed E-state index contributed by atoms with van der Waals surface area (Å²) >= 11 is 0. The van der Waals surface area contributed by atoms with Crippen LogP contribution in [-0.2, 0) is 23.8 Å². The summed E-state index contributed by atoms with van der Waals surface area (Å²) in [5.41, 5.74) is 1.67. The first-order valence-corrected chi connectivity index (χ1v) is 11.0. The van der Waals surface area contributed by atoms with Crippen LogP contribution in [0.3, 0.4) is 0 Å². The summed E-state index contributed by atoms with van der Waals surface area (Å²) in [6.07, 6.45) is 9.89. The van der Waals surface area contributed by atoms with Gasteiger partial charge in [-0.1, -0.05) is 6.92 Å². The third kappa shape index (κ3) is 2.54. The topological polar surface area (TPSA) is 61.8 Å². The molecule has 0 unspecified atom stereocenters. The molecule has 4 aliphatic carbocycles. The molecule has 0 N–H and O–H groups in total. The smallest absolute Gasteiger partial charge is 0.303 e. The van der Waals surface area contributed by atoms with Gasteiger partial charge in [0, 0.05) is 24.7 Å². The fourth-order valence-electron chi connectivity index (χ4n) is 7.82. The lowest BCUT2D eigenvalue weighted by Gasteiger charge is -2.57. The minimum Gasteiger partial charge on any atom is -0.462 e. The van der Waals surface area contributed by atoms with Gasteiger partial charge in [0.05, 0.1) is 12.7 Å². The molecule has 0 aromatic heterocycles. The quantitative estimate of drug-likeness (QED) is 0.532. The van der Waals surface area contributed by atoms with E-state index in [1.54, 1.807) is 0 Å². The molecular formula is C23H32O5. The van der Waals surface area contributed by atoms with Gasteiger partial charge in [-0.05, 0) is 74.3 Å². The van der Waals surface area contributed by atoms with Crippen LogP contribution >= 0.6 is 0 Å². The van der Waals surface area contributed by atoms with E-state index in [2.05, 4.69) is 13.0 Å². The summed E-state index contributed by atoms with van der Waals surface area (Å²) in [5, 5.41) is 0. The monoisotopic (exact) mass is 388 g/mol. The average Bonchev–Trinajstić information content (AvgIpc) is 3.09. The van der Waals surface area contributed by atoms with Crippen molar-refractivity contribution in [3.63, 3.8) is 0 Å². The minimum absolute atomic E-state index is 0.0728. The molecule has 8 atom stereocenters. The van der Waals surface area contributed by atoms with E-state index in [0.717, 1.165) is 45.1 Å². The molecule has 3 saturated carbocycles. The second kappa shape index (κ2) is 6.32. The molecule has 0 aromatic rings. The van der Waals surface area contributed by atoms with Crippen molar-refractivity contribution in [1.29, 1.82) is 0 Å². The van der Waals surface area contributed by atoms with E-state index in [1.165, 1.54) is 25.8 Å². The van der Waals surface area contributed by atoms with Gasteiger partial charge in [0.25, 0.3) is 0 Å². The van der Waals surface area contributed by atoms with Crippen LogP contribution in [0.15, 0.2) is 11.6 Å². The molecule has 5 aliphatic rings. The molecule has 5 heteroatoms. The number of esters is 2. The molecule has 0 aromatic carbocycles. The Morgan fingerprint density at radius 2 is 1.82 bits per heavy atom. The van der Waals surface area contributed by atoms with Crippen molar-refractivity contribution in [3.05, 3.63) is 11.6 Å². The molecule has 4 fully saturated rings. The second-order valence-corrected chi connectivity index (χ2v) is 10.1. The fraction of sp³-hybridized carbons (Fsp3) is 0.826. The number of fused-ring (bicyclic) bond motifs is 3. The minimum atomic E-state index is -0.198. The summed E-state index contributed by atoms with van der Waals surface area (Å²) < 4.78 is 17.6. The zero-order valence-corrected chi connectivity index (χ0v) is 17.2. The van der Waals surface area contributed by atoms with Gasteiger partial charge in [-0.2, -0.15) is 0 Å². The van der Waals surface area contributed by atoms with Gasteiger partial charge in [-0.15, -0.1) is 0 Å². The molecule has 0 radical (unpaired) electrons. The van der Waals surface area contributed by atoms with E-state index < -0.39 is 0 Å². The molecule has 2 bridgehead atoms. The number of hydrogen-bond donors (Lipinski definition) is 0. The molecule has 154 valence electrons. The van der Waals surface area contributed by atoms with Crippen LogP contribution in [0.1, 0.15) is 65.7 Å². The Morgan fingerprint density at radius 1 is 1.04 bits per heavy atom. The van der Waals surface area contributed by atoms with E-state index in [9.17, 15) is 9.59 Å². The summed E-state index contributed by atoms with van der Waals surface area (Å²) in [6, 6.07) is 0. The fourth-order valence-corrected chi connectivity index (χ4v) is 7.82. The lowest BCUT2D eigenvalue weighted by molar-refractivity contribution is -0.157. The molecule has 1 heterocycles. The van der Waals surface area contributed by atoms with Gasteiger partial charge in [0.15, 0.2) is 0 Å². The predicted octanol–water partition coefficient (Wildman–Crippen LogP) is 3.80. The first-order valence-electron chi connectivity index (χ1n) is 11.0. The normalized spacial score (nSPS) is 48.8. The van der Waals surface area contributed by atoms with Crippen LogP contribution in [0.2, 0.25) is 0 Å². The Labute approximate surface area is 167 Å². The van der Waals surface area contributed by atoms with Crippen molar-refractivity contribution < 1.29 is 23.8 Å². The maximum absolute atomic E-state index is 11.6. The van der Waals surface area contributed by atoms with Gasteiger partial charge >= 0.3 is 11.9 Å². The van der Waals surface area contributed by atoms with Gasteiger partial charge in [0.2, 0.25) is 0 Å². The maximum Gasteiger partial charge on any atom is 0.303 e. The highest BCUT2D eigenvalue weighted by Gasteiger charge is 2.65. The van der Waals surface area contributed by atoms with E-state index in [1.807, 2.05) is 0 Å². The summed E-state index contributed by atoms with van der Waals surface area (Å²) in [7, 11) is 0. The predicted molar refractivity (Wildman–Crippen MR) is 102 cm³/mol. The summed E-state index contributed by atoms with van der Waals surface area (Å²) in [6.45, 7) is 6.22. The Bertz CT molecular complexity index is 729. The van der Waals surface area contributed by atoms with Gasteiger partial charge in [-0.3, -0.25) is 9.59 Å². The highest BCUT2D eigenvalue weighted by molar-refractivity contribution is 5.66. The van der Waals surface area contributed by atoms with Crippen LogP contribution in [0.4, 0.5) is 0 Å². The van der Waals surface area contributed by atoms with E-state index >= 15 is 0 Å². The summed E-state index contributed by atoms with van der Waals surface area (Å²) in [4.78, 5) is 23.0. The highest BCUT2D eigenvalue weighted by atomic mass is 16.5. The second-order valence-electron chi connectivity index (χ2n) is 10.1. The Hall–Kier alpha value is -1.36. The number of carbonyl (C=O) groups is 2. The molecule has 0 spiro atoms. The zero-order chi connectivity index (χ0) is 19.7. The third-order valence-electron chi connectivity index (χ3n) is 8.88. The van der Waals surface area contributed by atoms with Crippen molar-refractivity contribution in [2.75, 3.05) is 6.61 Å². The molecular weight excluding hydrogens is 356 g/mol. The molecule has 28 heavy (non-hydrogen) atoms. The lowest BCUT2D eigenvalue weighted by Crippen LogP contribution is -2.53. The van der Waals surface area contributed by atoms with Crippen molar-refractivity contribution in [2.45, 2.75) is 84.0 Å². The third-order valence-corrected chi connectivity index (χ3v) is 8.88. The SMILES string of the molecule is CC(=O)O[C@H]1CC[C@H]2[C@@H]3C[C@@H]4OC[C@@]5(CC[C@@H](OC(C)=O)C=C45)[C@H]3CC[C@]12C. The molecule has 0 amide bonds. The van der Waals surface area contributed by atoms with Crippen LogP contribution in [0, 0.1) is 28.6 Å². The van der Waals surface area contributed by atoms with Crippen LogP contribution in [-0.4, -0.2) is 36.9 Å². The van der Waals surface area contributed by atoms with Crippen LogP contribution < -0.4 is 0 Å². The van der Waals surface area contributed by atoms with Crippen LogP contribution in [0.25, 0.3) is 0 Å². The van der Waals surface area contributed by atoms with Crippen molar-refractivity contribution in [3.8, 4) is 0 Å². The zero-order valence-electron chi connectivity index (χ0n) is 17.2. The van der Waals surface area contributed by atoms with Crippen LogP contribution in [0.5, 0.6) is 0 Å². The number of ether oxygens (including phenoxy) is 3. The summed E-state index contributed by atoms with van der Waals surface area (Å²) in [5.74, 6) is 1.56. The van der Waals surface area contributed by atoms with Gasteiger partial charge in [-0.25, -0.2) is 0 Å². The first kappa shape index (κ1) is 18.7. The van der Waals surface area contributed by atoms with Gasteiger partial charge < -0.3 is 14.2 Å². The van der Waals surface area contributed by atoms with Gasteiger partial charge in [0.1, 0.15) is 12.2 Å². The first-order chi connectivity index (χ1) is 13.3. The van der Waals surface area contributed by atoms with Crippen molar-refractivity contribution in [2.24, 2.45) is 28.6 Å². The highest BCUT2D eigenvalue weighted by Crippen LogP contribution is 2.68. The molecule has 1 saturated heterocycles. The van der Waals surface area contributed by atoms with Crippen molar-refractivity contribution in [1.82, 2.24) is 0 Å². The standard InChI is InChI=1S/C23H32O5/c1-13(24)27-15-6-9-23-12-26-20(19(23)10-15)11-16-17-4-5-21(28-14(2)25)22(17,3)8-7-18(16)23/h10,15-18,20-21H,4-9,11-12H2,1-3H3/t15-,16+,17+,18+,20+,21+,22+,23+/m1/s1. The Morgan fingerprint density at radius 3 is 2.57 bits per heavy atom. The lowest BCUT2D eigenvalue weighted by atomic mass is 9.47. The molecule has 1 aliphatic heterocycles. The largest absolute Gasteiger partial charge is 0.462 e. The molecule has 5 rings (SSSR count). The van der Waals surface area contributed by atoms with E-state index in [-0.39, 0.29) is 41.1 Å². The Kier molecular flexibility index (Phi) is 4.21. The maximum atomic E-state index is 11.6. The van der Waals surface area contributed by atoms with E-state index in [0.29, 0.717) is 17.8 Å². The number of hydrogen-bond acceptors (Lipinski definition) is 5. The molecule has 5 nitrogen and oxygen atoms in total.